The van der Waals surface area contributed by atoms with Crippen LogP contribution in [0, 0.1) is 11.7 Å². The molecule has 128 valence electrons. The van der Waals surface area contributed by atoms with Crippen molar-refractivity contribution in [2.75, 3.05) is 0 Å². The largest absolute Gasteiger partial charge is 0.207 e. The molecule has 0 unspecified atom stereocenters. The fourth-order valence-corrected chi connectivity index (χ4v) is 9.32. The van der Waals surface area contributed by atoms with Crippen molar-refractivity contribution in [2.45, 2.75) is 88.3 Å². The molecule has 3 rings (SSSR count). The fourth-order valence-electron chi connectivity index (χ4n) is 5.10. The summed E-state index contributed by atoms with van der Waals surface area (Å²) in [7, 11) is -0.508. The summed E-state index contributed by atoms with van der Waals surface area (Å²) in [6.07, 6.45) is 13.2. The molecule has 1 saturated carbocycles. The van der Waals surface area contributed by atoms with Crippen LogP contribution in [-0.2, 0) is 0 Å². The van der Waals surface area contributed by atoms with E-state index in [0.29, 0.717) is 5.92 Å². The third-order valence-corrected chi connectivity index (χ3v) is 10.8. The van der Waals surface area contributed by atoms with Gasteiger partial charge in [-0.3, -0.25) is 0 Å². The van der Waals surface area contributed by atoms with E-state index in [1.165, 1.54) is 62.6 Å². The summed E-state index contributed by atoms with van der Waals surface area (Å²) < 4.78 is 13.1. The Hall–Kier alpha value is -0.633. The minimum atomic E-state index is -0.508. The first-order valence-electron chi connectivity index (χ1n) is 10.0. The summed E-state index contributed by atoms with van der Waals surface area (Å²) in [6.45, 7) is 2.32. The van der Waals surface area contributed by atoms with Crippen molar-refractivity contribution in [3.05, 3.63) is 35.6 Å². The van der Waals surface area contributed by atoms with Crippen molar-refractivity contribution in [1.82, 2.24) is 0 Å². The van der Waals surface area contributed by atoms with Gasteiger partial charge < -0.3 is 0 Å². The maximum atomic E-state index is 13.1. The standard InChI is InChI=1S/C21H33FSi/c1-2-3-4-17-5-11-21(12-6-17)23-15-13-19(14-16-23)18-7-9-20(22)10-8-18/h7-10,17,19,21,23H,2-6,11-16H2,1H3/t17-,19-,21-,23-. The Morgan fingerprint density at radius 3 is 2.22 bits per heavy atom. The molecule has 0 bridgehead atoms. The third kappa shape index (κ3) is 4.68. The van der Waals surface area contributed by atoms with E-state index >= 15 is 0 Å². The number of halogens is 1. The SMILES string of the molecule is CCCC[C@H]1CC[C@H]([Si@H]2CC[C@H](c3ccc(F)cc3)CC2)CC1. The highest BCUT2D eigenvalue weighted by atomic mass is 28.3. The molecular weight excluding hydrogens is 299 g/mol. The number of hydrogen-bond acceptors (Lipinski definition) is 0. The molecule has 0 radical (unpaired) electrons. The molecule has 1 aromatic rings. The van der Waals surface area contributed by atoms with Gasteiger partial charge >= 0.3 is 0 Å². The summed E-state index contributed by atoms with van der Waals surface area (Å²) >= 11 is 0. The Morgan fingerprint density at radius 2 is 1.61 bits per heavy atom. The predicted molar refractivity (Wildman–Crippen MR) is 100 cm³/mol. The maximum absolute atomic E-state index is 13.1. The third-order valence-electron chi connectivity index (χ3n) is 6.64. The maximum Gasteiger partial charge on any atom is 0.123 e. The fraction of sp³-hybridized carbons (Fsp3) is 0.714. The molecule has 0 aromatic heterocycles. The first-order valence-corrected chi connectivity index (χ1v) is 12.3. The Kier molecular flexibility index (Phi) is 6.33. The van der Waals surface area contributed by atoms with Gasteiger partial charge in [-0.25, -0.2) is 4.39 Å². The first-order chi connectivity index (χ1) is 11.3. The van der Waals surface area contributed by atoms with E-state index in [0.717, 1.165) is 11.5 Å². The zero-order chi connectivity index (χ0) is 16.1. The van der Waals surface area contributed by atoms with Crippen LogP contribution in [0.5, 0.6) is 0 Å². The van der Waals surface area contributed by atoms with E-state index in [9.17, 15) is 4.39 Å². The van der Waals surface area contributed by atoms with E-state index in [2.05, 4.69) is 6.92 Å². The Balaban J connectivity index is 1.43. The van der Waals surface area contributed by atoms with E-state index in [1.54, 1.807) is 25.0 Å². The zero-order valence-corrected chi connectivity index (χ0v) is 15.9. The van der Waals surface area contributed by atoms with Crippen molar-refractivity contribution in [3.8, 4) is 0 Å². The van der Waals surface area contributed by atoms with Crippen LogP contribution in [-0.4, -0.2) is 8.80 Å². The number of hydrogen-bond donors (Lipinski definition) is 0. The summed E-state index contributed by atoms with van der Waals surface area (Å²) in [5.41, 5.74) is 2.52. The highest BCUT2D eigenvalue weighted by molar-refractivity contribution is 6.60. The molecule has 0 amide bonds. The van der Waals surface area contributed by atoms with Gasteiger partial charge in [0.05, 0.1) is 0 Å². The first kappa shape index (κ1) is 17.2. The molecule has 0 nitrogen and oxygen atoms in total. The molecule has 1 saturated heterocycles. The number of rotatable bonds is 5. The zero-order valence-electron chi connectivity index (χ0n) is 14.8. The van der Waals surface area contributed by atoms with Crippen LogP contribution in [0.2, 0.25) is 17.6 Å². The van der Waals surface area contributed by atoms with E-state index in [-0.39, 0.29) is 5.82 Å². The van der Waals surface area contributed by atoms with Crippen molar-refractivity contribution >= 4 is 8.80 Å². The number of benzene rings is 1. The minimum absolute atomic E-state index is 0.100. The second-order valence-electron chi connectivity index (χ2n) is 8.09. The highest BCUT2D eigenvalue weighted by Crippen LogP contribution is 2.43. The van der Waals surface area contributed by atoms with Crippen LogP contribution >= 0.6 is 0 Å². The number of unbranched alkanes of at least 4 members (excludes halogenated alkanes) is 1. The monoisotopic (exact) mass is 332 g/mol. The quantitative estimate of drug-likeness (QED) is 0.527. The van der Waals surface area contributed by atoms with Gasteiger partial charge in [0.1, 0.15) is 5.82 Å². The molecule has 0 atom stereocenters. The minimum Gasteiger partial charge on any atom is -0.207 e. The van der Waals surface area contributed by atoms with Gasteiger partial charge in [0.15, 0.2) is 0 Å². The van der Waals surface area contributed by atoms with Gasteiger partial charge in [-0.2, -0.15) is 0 Å². The molecule has 0 spiro atoms. The molecule has 2 aliphatic rings. The van der Waals surface area contributed by atoms with Gasteiger partial charge in [0, 0.05) is 8.80 Å². The average Bonchev–Trinajstić information content (AvgIpc) is 2.61. The van der Waals surface area contributed by atoms with Crippen LogP contribution in [0.1, 0.15) is 76.2 Å². The molecular formula is C21H33FSi. The lowest BCUT2D eigenvalue weighted by atomic mass is 9.85. The van der Waals surface area contributed by atoms with Gasteiger partial charge in [-0.05, 0) is 47.9 Å². The van der Waals surface area contributed by atoms with Gasteiger partial charge in [-0.1, -0.05) is 76.1 Å². The topological polar surface area (TPSA) is 0 Å². The van der Waals surface area contributed by atoms with Crippen LogP contribution in [0.3, 0.4) is 0 Å². The molecule has 2 heteroatoms. The van der Waals surface area contributed by atoms with Crippen molar-refractivity contribution in [3.63, 3.8) is 0 Å². The second kappa shape index (κ2) is 8.46. The summed E-state index contributed by atoms with van der Waals surface area (Å²) in [4.78, 5) is 0. The van der Waals surface area contributed by atoms with E-state index in [4.69, 9.17) is 0 Å². The molecule has 1 aliphatic heterocycles. The summed E-state index contributed by atoms with van der Waals surface area (Å²) in [5, 5.41) is 0. The van der Waals surface area contributed by atoms with Crippen LogP contribution < -0.4 is 0 Å². The lowest BCUT2D eigenvalue weighted by molar-refractivity contribution is 0.327. The Bertz CT molecular complexity index is 453. The van der Waals surface area contributed by atoms with Crippen LogP contribution in [0.4, 0.5) is 4.39 Å². The average molecular weight is 333 g/mol. The van der Waals surface area contributed by atoms with Gasteiger partial charge in [0.2, 0.25) is 0 Å². The lowest BCUT2D eigenvalue weighted by Crippen LogP contribution is -2.29. The van der Waals surface area contributed by atoms with Gasteiger partial charge in [-0.15, -0.1) is 0 Å². The van der Waals surface area contributed by atoms with Crippen LogP contribution in [0.25, 0.3) is 0 Å². The Morgan fingerprint density at radius 1 is 0.957 bits per heavy atom. The summed E-state index contributed by atoms with van der Waals surface area (Å²) in [6, 6.07) is 10.4. The molecule has 0 N–H and O–H groups in total. The van der Waals surface area contributed by atoms with Gasteiger partial charge in [0.25, 0.3) is 0 Å². The van der Waals surface area contributed by atoms with E-state index < -0.39 is 8.80 Å². The lowest BCUT2D eigenvalue weighted by Gasteiger charge is -2.37. The molecule has 1 heterocycles. The second-order valence-corrected chi connectivity index (χ2v) is 11.7. The smallest absolute Gasteiger partial charge is 0.123 e. The van der Waals surface area contributed by atoms with Crippen molar-refractivity contribution in [2.24, 2.45) is 5.92 Å². The molecule has 2 fully saturated rings. The highest BCUT2D eigenvalue weighted by Gasteiger charge is 2.31. The normalized spacial score (nSPS) is 31.9. The van der Waals surface area contributed by atoms with E-state index in [1.807, 2.05) is 12.1 Å². The van der Waals surface area contributed by atoms with Crippen LogP contribution in [0.15, 0.2) is 24.3 Å². The molecule has 23 heavy (non-hydrogen) atoms. The van der Waals surface area contributed by atoms with Crippen molar-refractivity contribution < 1.29 is 4.39 Å². The predicted octanol–water partition coefficient (Wildman–Crippen LogP) is 6.68. The molecule has 1 aromatic carbocycles. The molecule has 1 aliphatic carbocycles. The van der Waals surface area contributed by atoms with Crippen molar-refractivity contribution in [1.29, 1.82) is 0 Å². The summed E-state index contributed by atoms with van der Waals surface area (Å²) in [5.74, 6) is 1.66. The Labute approximate surface area is 143 Å².